The molecule has 0 bridgehead atoms. The van der Waals surface area contributed by atoms with E-state index in [1.54, 1.807) is 0 Å². The van der Waals surface area contributed by atoms with E-state index in [9.17, 15) is 4.79 Å². The molecule has 1 amide bonds. The number of carbonyl (C=O) groups is 1. The van der Waals surface area contributed by atoms with Crippen molar-refractivity contribution < 1.29 is 9.53 Å². The summed E-state index contributed by atoms with van der Waals surface area (Å²) in [6.45, 7) is 3.13. The number of amides is 1. The van der Waals surface area contributed by atoms with Gasteiger partial charge in [0.1, 0.15) is 5.75 Å². The van der Waals surface area contributed by atoms with E-state index in [1.807, 2.05) is 31.2 Å². The van der Waals surface area contributed by atoms with Crippen molar-refractivity contribution >= 4 is 21.8 Å². The van der Waals surface area contributed by atoms with Gasteiger partial charge in [0.15, 0.2) is 0 Å². The van der Waals surface area contributed by atoms with E-state index in [-0.39, 0.29) is 5.91 Å². The van der Waals surface area contributed by atoms with Crippen molar-refractivity contribution in [1.29, 1.82) is 0 Å². The van der Waals surface area contributed by atoms with Gasteiger partial charge in [0, 0.05) is 6.54 Å². The maximum absolute atomic E-state index is 11.0. The number of nitrogens with one attached hydrogen (secondary N) is 1. The Hall–Kier alpha value is -1.03. The van der Waals surface area contributed by atoms with Gasteiger partial charge in [-0.05, 0) is 24.6 Å². The van der Waals surface area contributed by atoms with E-state index < -0.39 is 0 Å². The van der Waals surface area contributed by atoms with Crippen molar-refractivity contribution in [2.24, 2.45) is 0 Å². The Kier molecular flexibility index (Phi) is 5.18. The molecule has 1 N–H and O–H groups in total. The second-order valence-electron chi connectivity index (χ2n) is 2.99. The Labute approximate surface area is 97.9 Å². The molecule has 0 aliphatic carbocycles. The van der Waals surface area contributed by atoms with Crippen LogP contribution in [0, 0.1) is 0 Å². The normalized spacial score (nSPS) is 9.73. The lowest BCUT2D eigenvalue weighted by Crippen LogP contribution is -2.23. The van der Waals surface area contributed by atoms with Crippen LogP contribution in [-0.4, -0.2) is 17.8 Å². The van der Waals surface area contributed by atoms with Gasteiger partial charge in [-0.25, -0.2) is 0 Å². The van der Waals surface area contributed by atoms with Crippen LogP contribution in [0.4, 0.5) is 0 Å². The fourth-order valence-corrected chi connectivity index (χ4v) is 1.36. The first-order valence-electron chi connectivity index (χ1n) is 4.80. The second-order valence-corrected chi connectivity index (χ2v) is 3.55. The zero-order valence-corrected chi connectivity index (χ0v) is 10.2. The Morgan fingerprint density at radius 2 is 2.33 bits per heavy atom. The lowest BCUT2D eigenvalue weighted by molar-refractivity contribution is -0.118. The summed E-state index contributed by atoms with van der Waals surface area (Å²) in [6.07, 6.45) is 0. The van der Waals surface area contributed by atoms with Gasteiger partial charge in [-0.15, -0.1) is 0 Å². The van der Waals surface area contributed by atoms with Crippen LogP contribution in [-0.2, 0) is 11.3 Å². The highest BCUT2D eigenvalue weighted by Gasteiger charge is 1.99. The van der Waals surface area contributed by atoms with E-state index in [1.165, 1.54) is 0 Å². The van der Waals surface area contributed by atoms with E-state index in [0.29, 0.717) is 18.5 Å². The summed E-state index contributed by atoms with van der Waals surface area (Å²) in [7, 11) is 0. The summed E-state index contributed by atoms with van der Waals surface area (Å²) in [5.74, 6) is 0.819. The Balaban J connectivity index is 2.53. The van der Waals surface area contributed by atoms with Gasteiger partial charge in [0.25, 0.3) is 0 Å². The first kappa shape index (κ1) is 12.0. The number of benzene rings is 1. The summed E-state index contributed by atoms with van der Waals surface area (Å²) in [5, 5.41) is 3.11. The number of halogens is 1. The van der Waals surface area contributed by atoms with E-state index in [4.69, 9.17) is 4.74 Å². The molecule has 0 heterocycles. The molecule has 0 aromatic heterocycles. The van der Waals surface area contributed by atoms with Gasteiger partial charge < -0.3 is 10.1 Å². The fraction of sp³-hybridized carbons (Fsp3) is 0.364. The van der Waals surface area contributed by atoms with Crippen LogP contribution in [0.1, 0.15) is 12.5 Å². The molecule has 3 nitrogen and oxygen atoms in total. The number of hydrogen-bond acceptors (Lipinski definition) is 2. The SMILES string of the molecule is CCOc1cccc(CNC(=O)CBr)c1. The first-order chi connectivity index (χ1) is 7.26. The Morgan fingerprint density at radius 1 is 1.53 bits per heavy atom. The van der Waals surface area contributed by atoms with Crippen LogP contribution in [0.5, 0.6) is 5.75 Å². The summed E-state index contributed by atoms with van der Waals surface area (Å²) in [4.78, 5) is 11.0. The highest BCUT2D eigenvalue weighted by atomic mass is 79.9. The molecule has 0 atom stereocenters. The van der Waals surface area contributed by atoms with Crippen LogP contribution in [0.3, 0.4) is 0 Å². The van der Waals surface area contributed by atoms with Crippen LogP contribution >= 0.6 is 15.9 Å². The number of alkyl halides is 1. The molecule has 0 aliphatic heterocycles. The molecule has 0 saturated heterocycles. The summed E-state index contributed by atoms with van der Waals surface area (Å²) < 4.78 is 5.36. The number of ether oxygens (including phenoxy) is 1. The molecule has 0 unspecified atom stereocenters. The quantitative estimate of drug-likeness (QED) is 0.833. The Bertz CT molecular complexity index is 328. The smallest absolute Gasteiger partial charge is 0.230 e. The van der Waals surface area contributed by atoms with Crippen LogP contribution in [0.2, 0.25) is 0 Å². The fourth-order valence-electron chi connectivity index (χ4n) is 1.16. The number of carbonyl (C=O) groups excluding carboxylic acids is 1. The van der Waals surface area contributed by atoms with Crippen molar-refractivity contribution in [2.75, 3.05) is 11.9 Å². The maximum Gasteiger partial charge on any atom is 0.230 e. The molecule has 4 heteroatoms. The molecular formula is C11H14BrNO2. The largest absolute Gasteiger partial charge is 0.494 e. The van der Waals surface area contributed by atoms with Gasteiger partial charge in [0.05, 0.1) is 11.9 Å². The van der Waals surface area contributed by atoms with Crippen LogP contribution in [0.25, 0.3) is 0 Å². The molecule has 0 aliphatic rings. The second kappa shape index (κ2) is 6.45. The minimum absolute atomic E-state index is 0.0168. The lowest BCUT2D eigenvalue weighted by atomic mass is 10.2. The molecule has 0 spiro atoms. The third kappa shape index (κ3) is 4.34. The molecule has 1 rings (SSSR count). The average molecular weight is 272 g/mol. The zero-order valence-electron chi connectivity index (χ0n) is 8.63. The lowest BCUT2D eigenvalue weighted by Gasteiger charge is -2.06. The molecular weight excluding hydrogens is 258 g/mol. The predicted molar refractivity (Wildman–Crippen MR) is 63.3 cm³/mol. The molecule has 0 saturated carbocycles. The van der Waals surface area contributed by atoms with Gasteiger partial charge in [0.2, 0.25) is 5.91 Å². The minimum atomic E-state index is -0.0168. The summed E-state index contributed by atoms with van der Waals surface area (Å²) in [6, 6.07) is 7.70. The highest BCUT2D eigenvalue weighted by molar-refractivity contribution is 9.09. The minimum Gasteiger partial charge on any atom is -0.494 e. The number of hydrogen-bond donors (Lipinski definition) is 1. The topological polar surface area (TPSA) is 38.3 Å². The monoisotopic (exact) mass is 271 g/mol. The van der Waals surface area contributed by atoms with Gasteiger partial charge >= 0.3 is 0 Å². The van der Waals surface area contributed by atoms with Crippen molar-refractivity contribution in [1.82, 2.24) is 5.32 Å². The first-order valence-corrected chi connectivity index (χ1v) is 5.92. The van der Waals surface area contributed by atoms with Crippen molar-refractivity contribution in [3.63, 3.8) is 0 Å². The van der Waals surface area contributed by atoms with E-state index in [2.05, 4.69) is 21.2 Å². The molecule has 0 radical (unpaired) electrons. The predicted octanol–water partition coefficient (Wildman–Crippen LogP) is 2.10. The summed E-state index contributed by atoms with van der Waals surface area (Å²) in [5.41, 5.74) is 1.04. The van der Waals surface area contributed by atoms with Gasteiger partial charge in [-0.3, -0.25) is 4.79 Å². The highest BCUT2D eigenvalue weighted by Crippen LogP contribution is 2.12. The van der Waals surface area contributed by atoms with Crippen LogP contribution in [0.15, 0.2) is 24.3 Å². The van der Waals surface area contributed by atoms with Gasteiger partial charge in [-0.1, -0.05) is 28.1 Å². The maximum atomic E-state index is 11.0. The third-order valence-electron chi connectivity index (χ3n) is 1.82. The molecule has 15 heavy (non-hydrogen) atoms. The zero-order chi connectivity index (χ0) is 11.1. The van der Waals surface area contributed by atoms with Gasteiger partial charge in [-0.2, -0.15) is 0 Å². The molecule has 0 fully saturated rings. The molecule has 1 aromatic carbocycles. The molecule has 82 valence electrons. The molecule has 1 aromatic rings. The van der Waals surface area contributed by atoms with E-state index >= 15 is 0 Å². The van der Waals surface area contributed by atoms with Crippen molar-refractivity contribution in [3.05, 3.63) is 29.8 Å². The third-order valence-corrected chi connectivity index (χ3v) is 2.33. The summed E-state index contributed by atoms with van der Waals surface area (Å²) >= 11 is 3.09. The average Bonchev–Trinajstić information content (AvgIpc) is 2.27. The standard InChI is InChI=1S/C11H14BrNO2/c1-2-15-10-5-3-4-9(6-10)8-13-11(14)7-12/h3-6H,2,7-8H2,1H3,(H,13,14). The van der Waals surface area contributed by atoms with Crippen LogP contribution < -0.4 is 10.1 Å². The van der Waals surface area contributed by atoms with Crippen molar-refractivity contribution in [2.45, 2.75) is 13.5 Å². The Morgan fingerprint density at radius 3 is 3.00 bits per heavy atom. The van der Waals surface area contributed by atoms with Crippen molar-refractivity contribution in [3.8, 4) is 5.75 Å². The number of rotatable bonds is 5. The van der Waals surface area contributed by atoms with E-state index in [0.717, 1.165) is 11.3 Å².